The van der Waals surface area contributed by atoms with E-state index in [9.17, 15) is 9.59 Å². The molecule has 3 fully saturated rings. The second-order valence-corrected chi connectivity index (χ2v) is 8.16. The number of amides is 2. The van der Waals surface area contributed by atoms with Crippen LogP contribution in [-0.4, -0.2) is 60.4 Å². The van der Waals surface area contributed by atoms with E-state index < -0.39 is 0 Å². The zero-order valence-corrected chi connectivity index (χ0v) is 16.1. The van der Waals surface area contributed by atoms with Crippen LogP contribution in [0.25, 0.3) is 0 Å². The van der Waals surface area contributed by atoms with E-state index in [1.807, 2.05) is 4.90 Å². The van der Waals surface area contributed by atoms with E-state index in [0.29, 0.717) is 19.1 Å². The number of carbonyl (C=O) groups is 1. The largest absolute Gasteiger partial charge is 0.378 e. The normalized spacial score (nSPS) is 33.6. The smallest absolute Gasteiger partial charge is 0.317 e. The van der Waals surface area contributed by atoms with Crippen LogP contribution in [0.2, 0.25) is 0 Å². The topological polar surface area (TPSA) is 110 Å². The van der Waals surface area contributed by atoms with E-state index in [1.54, 1.807) is 12.3 Å². The van der Waals surface area contributed by atoms with Gasteiger partial charge in [0.2, 0.25) is 5.56 Å². The van der Waals surface area contributed by atoms with Crippen molar-refractivity contribution in [3.05, 3.63) is 34.2 Å². The van der Waals surface area contributed by atoms with E-state index in [1.165, 1.54) is 6.07 Å². The Labute approximate surface area is 164 Å². The SMILES string of the molecule is NC1CCOC(C2CCCN(C(=O)N[C@@H]3CCO[C@H]3c3ccc(=O)[nH]c3)C2)C1. The van der Waals surface area contributed by atoms with E-state index in [2.05, 4.69) is 10.3 Å². The van der Waals surface area contributed by atoms with Crippen molar-refractivity contribution in [3.8, 4) is 0 Å². The molecule has 0 aromatic carbocycles. The van der Waals surface area contributed by atoms with E-state index in [-0.39, 0.29) is 35.9 Å². The number of ether oxygens (including phenoxy) is 2. The molecule has 0 radical (unpaired) electrons. The minimum Gasteiger partial charge on any atom is -0.378 e. The Morgan fingerprint density at radius 1 is 1.21 bits per heavy atom. The summed E-state index contributed by atoms with van der Waals surface area (Å²) in [6.07, 6.45) is 6.20. The van der Waals surface area contributed by atoms with Crippen LogP contribution in [0, 0.1) is 5.92 Å². The van der Waals surface area contributed by atoms with Crippen molar-refractivity contribution in [2.75, 3.05) is 26.3 Å². The second kappa shape index (κ2) is 8.63. The molecule has 1 aromatic heterocycles. The maximum Gasteiger partial charge on any atom is 0.317 e. The van der Waals surface area contributed by atoms with Gasteiger partial charge >= 0.3 is 6.03 Å². The van der Waals surface area contributed by atoms with Gasteiger partial charge in [0.25, 0.3) is 0 Å². The van der Waals surface area contributed by atoms with Gasteiger partial charge in [0.1, 0.15) is 6.10 Å². The van der Waals surface area contributed by atoms with Crippen molar-refractivity contribution in [2.24, 2.45) is 11.7 Å². The lowest BCUT2D eigenvalue weighted by atomic mass is 9.87. The highest BCUT2D eigenvalue weighted by Gasteiger charge is 2.36. The fourth-order valence-corrected chi connectivity index (χ4v) is 4.60. The number of carbonyl (C=O) groups excluding carboxylic acids is 1. The fourth-order valence-electron chi connectivity index (χ4n) is 4.60. The van der Waals surface area contributed by atoms with Gasteiger partial charge in [0, 0.05) is 50.5 Å². The van der Waals surface area contributed by atoms with E-state index in [0.717, 1.165) is 50.8 Å². The molecular weight excluding hydrogens is 360 g/mol. The lowest BCUT2D eigenvalue weighted by Crippen LogP contribution is -2.52. The van der Waals surface area contributed by atoms with Gasteiger partial charge in [-0.3, -0.25) is 4.79 Å². The Hall–Kier alpha value is -1.90. The van der Waals surface area contributed by atoms with Gasteiger partial charge in [-0.15, -0.1) is 0 Å². The molecule has 28 heavy (non-hydrogen) atoms. The number of aromatic nitrogens is 1. The number of H-pyrrole nitrogens is 1. The molecule has 2 amide bonds. The van der Waals surface area contributed by atoms with Crippen LogP contribution >= 0.6 is 0 Å². The lowest BCUT2D eigenvalue weighted by molar-refractivity contribution is -0.0427. The number of rotatable bonds is 3. The van der Waals surface area contributed by atoms with Crippen LogP contribution in [0.15, 0.2) is 23.1 Å². The van der Waals surface area contributed by atoms with Crippen molar-refractivity contribution in [3.63, 3.8) is 0 Å². The first-order chi connectivity index (χ1) is 13.6. The first-order valence-electron chi connectivity index (χ1n) is 10.3. The third-order valence-corrected chi connectivity index (χ3v) is 6.16. The number of hydrogen-bond acceptors (Lipinski definition) is 5. The third-order valence-electron chi connectivity index (χ3n) is 6.16. The molecule has 5 atom stereocenters. The Morgan fingerprint density at radius 3 is 2.86 bits per heavy atom. The molecule has 8 nitrogen and oxygen atoms in total. The molecule has 1 aromatic rings. The van der Waals surface area contributed by atoms with Crippen LogP contribution < -0.4 is 16.6 Å². The standard InChI is InChI=1S/C20H30N4O4/c21-15-5-8-27-17(10-15)14-2-1-7-24(12-14)20(26)23-16-6-9-28-19(16)13-3-4-18(25)22-11-13/h3-4,11,14-17,19H,1-2,5-10,12,21H2,(H,22,25)(H,23,26)/t14?,15?,16-,17?,19+/m1/s1. The molecule has 3 aliphatic heterocycles. The first-order valence-corrected chi connectivity index (χ1v) is 10.3. The molecule has 3 aliphatic rings. The van der Waals surface area contributed by atoms with Gasteiger partial charge in [0.05, 0.1) is 12.1 Å². The molecule has 3 unspecified atom stereocenters. The van der Waals surface area contributed by atoms with Crippen LogP contribution in [0.3, 0.4) is 0 Å². The molecule has 0 spiro atoms. The number of urea groups is 1. The van der Waals surface area contributed by atoms with Crippen LogP contribution in [0.1, 0.15) is 43.8 Å². The number of aromatic amines is 1. The maximum atomic E-state index is 12.9. The first kappa shape index (κ1) is 19.4. The Balaban J connectivity index is 1.36. The predicted octanol–water partition coefficient (Wildman–Crippen LogP) is 1.13. The van der Waals surface area contributed by atoms with Crippen molar-refractivity contribution in [2.45, 2.75) is 56.4 Å². The Bertz CT molecular complexity index is 719. The average molecular weight is 390 g/mol. The molecular formula is C20H30N4O4. The van der Waals surface area contributed by atoms with Crippen molar-refractivity contribution < 1.29 is 14.3 Å². The number of pyridine rings is 1. The Morgan fingerprint density at radius 2 is 2.07 bits per heavy atom. The van der Waals surface area contributed by atoms with Crippen molar-refractivity contribution in [1.29, 1.82) is 0 Å². The van der Waals surface area contributed by atoms with Crippen LogP contribution in [0.5, 0.6) is 0 Å². The summed E-state index contributed by atoms with van der Waals surface area (Å²) in [4.78, 5) is 28.8. The van der Waals surface area contributed by atoms with Gasteiger partial charge < -0.3 is 30.4 Å². The monoisotopic (exact) mass is 390 g/mol. The maximum absolute atomic E-state index is 12.9. The highest BCUT2D eigenvalue weighted by molar-refractivity contribution is 5.74. The highest BCUT2D eigenvalue weighted by Crippen LogP contribution is 2.30. The van der Waals surface area contributed by atoms with Crippen LogP contribution in [-0.2, 0) is 9.47 Å². The van der Waals surface area contributed by atoms with E-state index in [4.69, 9.17) is 15.2 Å². The molecule has 0 saturated carbocycles. The molecule has 154 valence electrons. The molecule has 4 heterocycles. The molecule has 8 heteroatoms. The predicted molar refractivity (Wildman–Crippen MR) is 104 cm³/mol. The molecule has 0 bridgehead atoms. The van der Waals surface area contributed by atoms with Gasteiger partial charge in [-0.2, -0.15) is 0 Å². The van der Waals surface area contributed by atoms with Gasteiger partial charge in [-0.1, -0.05) is 0 Å². The summed E-state index contributed by atoms with van der Waals surface area (Å²) >= 11 is 0. The number of nitrogens with two attached hydrogens (primary N) is 1. The number of nitrogens with one attached hydrogen (secondary N) is 2. The third kappa shape index (κ3) is 4.39. The van der Waals surface area contributed by atoms with Crippen molar-refractivity contribution in [1.82, 2.24) is 15.2 Å². The van der Waals surface area contributed by atoms with Gasteiger partial charge in [-0.05, 0) is 43.7 Å². The summed E-state index contributed by atoms with van der Waals surface area (Å²) in [5, 5.41) is 3.15. The fraction of sp³-hybridized carbons (Fsp3) is 0.700. The summed E-state index contributed by atoms with van der Waals surface area (Å²) < 4.78 is 11.8. The zero-order chi connectivity index (χ0) is 19.5. The molecule has 4 N–H and O–H groups in total. The lowest BCUT2D eigenvalue weighted by Gasteiger charge is -2.39. The number of likely N-dealkylation sites (tertiary alicyclic amines) is 1. The highest BCUT2D eigenvalue weighted by atomic mass is 16.5. The summed E-state index contributed by atoms with van der Waals surface area (Å²) in [6, 6.07) is 3.30. The van der Waals surface area contributed by atoms with Crippen LogP contribution in [0.4, 0.5) is 4.79 Å². The summed E-state index contributed by atoms with van der Waals surface area (Å²) in [5.41, 5.74) is 6.84. The second-order valence-electron chi connectivity index (χ2n) is 8.16. The minimum atomic E-state index is -0.235. The minimum absolute atomic E-state index is 0.0465. The Kier molecular flexibility index (Phi) is 5.99. The van der Waals surface area contributed by atoms with Gasteiger partial charge in [-0.25, -0.2) is 4.79 Å². The number of hydrogen-bond donors (Lipinski definition) is 3. The summed E-state index contributed by atoms with van der Waals surface area (Å²) in [6.45, 7) is 2.78. The number of piperidine rings is 1. The molecule has 4 rings (SSSR count). The summed E-state index contributed by atoms with van der Waals surface area (Å²) in [5.74, 6) is 0.348. The zero-order valence-electron chi connectivity index (χ0n) is 16.1. The summed E-state index contributed by atoms with van der Waals surface area (Å²) in [7, 11) is 0. The van der Waals surface area contributed by atoms with E-state index >= 15 is 0 Å². The quantitative estimate of drug-likeness (QED) is 0.717. The van der Waals surface area contributed by atoms with Crippen molar-refractivity contribution >= 4 is 6.03 Å². The average Bonchev–Trinajstić information content (AvgIpc) is 3.17. The molecule has 0 aliphatic carbocycles. The molecule has 3 saturated heterocycles. The van der Waals surface area contributed by atoms with Gasteiger partial charge in [0.15, 0.2) is 0 Å². The number of nitrogens with zero attached hydrogens (tertiary/aromatic N) is 1.